The number of pyridine rings is 1. The smallest absolute Gasteiger partial charge is 0.416 e. The number of carbonyl (C=O) groups is 2. The quantitative estimate of drug-likeness (QED) is 0.762. The van der Waals surface area contributed by atoms with E-state index in [-0.39, 0.29) is 17.1 Å². The van der Waals surface area contributed by atoms with E-state index < -0.39 is 35.3 Å². The lowest BCUT2D eigenvalue weighted by Gasteiger charge is -2.22. The van der Waals surface area contributed by atoms with E-state index in [1.54, 1.807) is 0 Å². The summed E-state index contributed by atoms with van der Waals surface area (Å²) in [5.41, 5.74) is -0.900. The Morgan fingerprint density at radius 2 is 1.90 bits per heavy atom. The van der Waals surface area contributed by atoms with E-state index in [1.165, 1.54) is 51.2 Å². The summed E-state index contributed by atoms with van der Waals surface area (Å²) >= 11 is 0. The number of benzene rings is 1. The normalized spacial score (nSPS) is 20.8. The average Bonchev–Trinajstić information content (AvgIpc) is 2.81. The number of nitrogens with zero attached hydrogens (tertiary/aromatic N) is 1. The molecule has 0 saturated carbocycles. The molecule has 2 aromatic rings. The molecule has 1 aliphatic rings. The standard InChI is InChI=1S/C19H17F3N2O5/c1-17(2)28-16(26)18(3,29-17)27-15(25)13-8-5-9-23-14(13)24-12-7-4-6-11(10-12)19(20,21)22/h4-10H,1-3H3,(H,23,24). The van der Waals surface area contributed by atoms with E-state index in [9.17, 15) is 22.8 Å². The molecule has 0 radical (unpaired) electrons. The second kappa shape index (κ2) is 7.03. The number of cyclic esters (lactones) is 1. The first-order chi connectivity index (χ1) is 13.4. The topological polar surface area (TPSA) is 86.8 Å². The van der Waals surface area contributed by atoms with Gasteiger partial charge in [-0.15, -0.1) is 0 Å². The highest BCUT2D eigenvalue weighted by molar-refractivity contribution is 5.97. The van der Waals surface area contributed by atoms with Gasteiger partial charge < -0.3 is 14.8 Å². The summed E-state index contributed by atoms with van der Waals surface area (Å²) in [5, 5.41) is 2.66. The van der Waals surface area contributed by atoms with Crippen LogP contribution in [-0.2, 0) is 25.2 Å². The monoisotopic (exact) mass is 410 g/mol. The molecule has 0 aliphatic carbocycles. The highest BCUT2D eigenvalue weighted by atomic mass is 19.4. The molecule has 1 aromatic carbocycles. The average molecular weight is 410 g/mol. The molecule has 10 heteroatoms. The summed E-state index contributed by atoms with van der Waals surface area (Å²) in [5.74, 6) is -5.15. The molecular formula is C19H17F3N2O5. The Morgan fingerprint density at radius 3 is 2.52 bits per heavy atom. The van der Waals surface area contributed by atoms with Crippen LogP contribution in [-0.4, -0.2) is 28.5 Å². The van der Waals surface area contributed by atoms with Gasteiger partial charge in [0, 0.05) is 32.7 Å². The fraction of sp³-hybridized carbons (Fsp3) is 0.316. The number of esters is 2. The molecule has 0 amide bonds. The Labute approximate surface area is 163 Å². The molecule has 2 heterocycles. The second-order valence-electron chi connectivity index (χ2n) is 6.83. The zero-order valence-corrected chi connectivity index (χ0v) is 15.7. The minimum Gasteiger partial charge on any atom is -0.429 e. The molecule has 29 heavy (non-hydrogen) atoms. The summed E-state index contributed by atoms with van der Waals surface area (Å²) < 4.78 is 54.3. The lowest BCUT2D eigenvalue weighted by molar-refractivity contribution is -0.221. The number of rotatable bonds is 4. The number of hydrogen-bond donors (Lipinski definition) is 1. The molecular weight excluding hydrogens is 393 g/mol. The third kappa shape index (κ3) is 4.48. The predicted octanol–water partition coefficient (Wildman–Crippen LogP) is 4.03. The summed E-state index contributed by atoms with van der Waals surface area (Å²) in [6, 6.07) is 7.20. The molecule has 1 saturated heterocycles. The highest BCUT2D eigenvalue weighted by Gasteiger charge is 2.54. The fourth-order valence-corrected chi connectivity index (χ4v) is 2.72. The van der Waals surface area contributed by atoms with Gasteiger partial charge in [0.2, 0.25) is 5.79 Å². The van der Waals surface area contributed by atoms with E-state index in [2.05, 4.69) is 10.3 Å². The van der Waals surface area contributed by atoms with E-state index in [0.717, 1.165) is 12.1 Å². The van der Waals surface area contributed by atoms with Gasteiger partial charge in [0.1, 0.15) is 11.4 Å². The largest absolute Gasteiger partial charge is 0.429 e. The van der Waals surface area contributed by atoms with Crippen LogP contribution in [0.5, 0.6) is 0 Å². The van der Waals surface area contributed by atoms with Crippen molar-refractivity contribution in [1.29, 1.82) is 0 Å². The Balaban J connectivity index is 1.84. The molecule has 154 valence electrons. The van der Waals surface area contributed by atoms with Gasteiger partial charge in [0.25, 0.3) is 0 Å². The molecule has 1 N–H and O–H groups in total. The SMILES string of the molecule is CC1(C)OC(=O)C(C)(OC(=O)c2cccnc2Nc2cccc(C(F)(F)F)c2)O1. The highest BCUT2D eigenvalue weighted by Crippen LogP contribution is 2.35. The molecule has 1 aliphatic heterocycles. The minimum atomic E-state index is -4.52. The summed E-state index contributed by atoms with van der Waals surface area (Å²) in [6.07, 6.45) is -3.18. The number of carbonyl (C=O) groups excluding carboxylic acids is 2. The van der Waals surface area contributed by atoms with Gasteiger partial charge in [0.05, 0.1) is 5.56 Å². The molecule has 1 fully saturated rings. The number of anilines is 2. The van der Waals surface area contributed by atoms with Crippen LogP contribution in [0.2, 0.25) is 0 Å². The van der Waals surface area contributed by atoms with Gasteiger partial charge in [-0.1, -0.05) is 6.07 Å². The van der Waals surface area contributed by atoms with Crippen molar-refractivity contribution >= 4 is 23.4 Å². The van der Waals surface area contributed by atoms with Crippen molar-refractivity contribution < 1.29 is 37.0 Å². The zero-order valence-electron chi connectivity index (χ0n) is 15.7. The van der Waals surface area contributed by atoms with Crippen LogP contribution < -0.4 is 5.32 Å². The van der Waals surface area contributed by atoms with Crippen LogP contribution in [0.4, 0.5) is 24.7 Å². The maximum absolute atomic E-state index is 12.9. The number of halogens is 3. The van der Waals surface area contributed by atoms with Gasteiger partial charge >= 0.3 is 23.9 Å². The van der Waals surface area contributed by atoms with Crippen molar-refractivity contribution in [2.75, 3.05) is 5.32 Å². The Kier molecular flexibility index (Phi) is 4.99. The first kappa shape index (κ1) is 20.6. The van der Waals surface area contributed by atoms with E-state index >= 15 is 0 Å². The summed E-state index contributed by atoms with van der Waals surface area (Å²) in [7, 11) is 0. The van der Waals surface area contributed by atoms with E-state index in [0.29, 0.717) is 0 Å². The lowest BCUT2D eigenvalue weighted by atomic mass is 10.2. The van der Waals surface area contributed by atoms with Gasteiger partial charge in [-0.3, -0.25) is 4.74 Å². The number of ether oxygens (including phenoxy) is 3. The van der Waals surface area contributed by atoms with Crippen molar-refractivity contribution in [2.24, 2.45) is 0 Å². The van der Waals surface area contributed by atoms with Crippen LogP contribution >= 0.6 is 0 Å². The van der Waals surface area contributed by atoms with Crippen LogP contribution in [0.15, 0.2) is 42.6 Å². The molecule has 7 nitrogen and oxygen atoms in total. The third-order valence-corrected chi connectivity index (χ3v) is 3.92. The fourth-order valence-electron chi connectivity index (χ4n) is 2.72. The van der Waals surface area contributed by atoms with Crippen LogP contribution in [0.25, 0.3) is 0 Å². The molecule has 1 unspecified atom stereocenters. The van der Waals surface area contributed by atoms with Crippen molar-refractivity contribution in [3.05, 3.63) is 53.7 Å². The van der Waals surface area contributed by atoms with Crippen LogP contribution in [0.1, 0.15) is 36.7 Å². The number of aromatic nitrogens is 1. The molecule has 0 spiro atoms. The van der Waals surface area contributed by atoms with Crippen molar-refractivity contribution in [2.45, 2.75) is 38.5 Å². The minimum absolute atomic E-state index is 0.0500. The van der Waals surface area contributed by atoms with Crippen LogP contribution in [0.3, 0.4) is 0 Å². The Bertz CT molecular complexity index is 961. The first-order valence-corrected chi connectivity index (χ1v) is 8.46. The molecule has 1 atom stereocenters. The van der Waals surface area contributed by atoms with Crippen molar-refractivity contribution in [3.8, 4) is 0 Å². The lowest BCUT2D eigenvalue weighted by Crippen LogP contribution is -2.39. The van der Waals surface area contributed by atoms with Gasteiger partial charge in [-0.05, 0) is 30.3 Å². The van der Waals surface area contributed by atoms with Gasteiger partial charge in [-0.2, -0.15) is 13.2 Å². The van der Waals surface area contributed by atoms with Gasteiger partial charge in [-0.25, -0.2) is 14.6 Å². The zero-order chi connectivity index (χ0) is 21.4. The van der Waals surface area contributed by atoms with E-state index in [1.807, 2.05) is 0 Å². The van der Waals surface area contributed by atoms with Crippen molar-refractivity contribution in [1.82, 2.24) is 4.98 Å². The summed E-state index contributed by atoms with van der Waals surface area (Å²) in [4.78, 5) is 28.6. The maximum Gasteiger partial charge on any atom is 0.416 e. The predicted molar refractivity (Wildman–Crippen MR) is 94.0 cm³/mol. The number of hydrogen-bond acceptors (Lipinski definition) is 7. The number of alkyl halides is 3. The Hall–Kier alpha value is -3.14. The second-order valence-corrected chi connectivity index (χ2v) is 6.83. The van der Waals surface area contributed by atoms with Gasteiger partial charge in [0.15, 0.2) is 0 Å². The van der Waals surface area contributed by atoms with E-state index in [4.69, 9.17) is 14.2 Å². The molecule has 0 bridgehead atoms. The number of nitrogens with one attached hydrogen (secondary N) is 1. The van der Waals surface area contributed by atoms with Crippen molar-refractivity contribution in [3.63, 3.8) is 0 Å². The molecule has 1 aromatic heterocycles. The maximum atomic E-state index is 12.9. The summed E-state index contributed by atoms with van der Waals surface area (Å²) in [6.45, 7) is 4.20. The van der Waals surface area contributed by atoms with Crippen LogP contribution in [0, 0.1) is 0 Å². The molecule has 3 rings (SSSR count). The first-order valence-electron chi connectivity index (χ1n) is 8.46. The Morgan fingerprint density at radius 1 is 1.17 bits per heavy atom. The third-order valence-electron chi connectivity index (χ3n) is 3.92.